The lowest BCUT2D eigenvalue weighted by atomic mass is 10.1. The Bertz CT molecular complexity index is 726. The first-order valence-corrected chi connectivity index (χ1v) is 8.28. The molecule has 0 spiro atoms. The van der Waals surface area contributed by atoms with Crippen LogP contribution in [-0.4, -0.2) is 22.4 Å². The van der Waals surface area contributed by atoms with Crippen LogP contribution in [0.15, 0.2) is 39.2 Å². The summed E-state index contributed by atoms with van der Waals surface area (Å²) in [5.74, 6) is 1.46. The maximum absolute atomic E-state index is 5.87. The van der Waals surface area contributed by atoms with Crippen molar-refractivity contribution in [2.24, 2.45) is 0 Å². The highest BCUT2D eigenvalue weighted by Crippen LogP contribution is 2.29. The minimum atomic E-state index is 0.666. The fourth-order valence-corrected chi connectivity index (χ4v) is 3.35. The molecule has 3 aromatic rings. The molecule has 1 aromatic carbocycles. The first kappa shape index (κ1) is 14.4. The van der Waals surface area contributed by atoms with Gasteiger partial charge in [0.2, 0.25) is 5.13 Å². The molecule has 0 radical (unpaired) electrons. The molecular weight excluding hydrogens is 328 g/mol. The normalized spacial score (nSPS) is 10.8. The third-order valence-electron chi connectivity index (χ3n) is 2.66. The van der Waals surface area contributed by atoms with Gasteiger partial charge in [-0.3, -0.25) is 0 Å². The molecule has 0 aliphatic rings. The highest BCUT2D eigenvalue weighted by Gasteiger charge is 2.09. The molecule has 2 heterocycles. The zero-order chi connectivity index (χ0) is 14.7. The second kappa shape index (κ2) is 6.46. The average molecular weight is 339 g/mol. The van der Waals surface area contributed by atoms with Gasteiger partial charge in [-0.2, -0.15) is 0 Å². The minimum Gasteiger partial charge on any atom is -0.363 e. The number of hydrogen-bond acceptors (Lipinski definition) is 7. The van der Waals surface area contributed by atoms with Crippen LogP contribution >= 0.6 is 34.7 Å². The van der Waals surface area contributed by atoms with Crippen molar-refractivity contribution >= 4 is 39.8 Å². The Morgan fingerprint density at radius 1 is 1.29 bits per heavy atom. The number of rotatable bonds is 5. The van der Waals surface area contributed by atoms with Crippen molar-refractivity contribution in [3.05, 3.63) is 41.1 Å². The number of aromatic nitrogens is 3. The van der Waals surface area contributed by atoms with Gasteiger partial charge in [-0.15, -0.1) is 10.2 Å². The summed E-state index contributed by atoms with van der Waals surface area (Å²) in [5.41, 5.74) is 1.78. The number of thioether (sulfide) groups is 1. The van der Waals surface area contributed by atoms with Gasteiger partial charge in [0.1, 0.15) is 11.5 Å². The van der Waals surface area contributed by atoms with Crippen LogP contribution in [0, 0.1) is 0 Å². The van der Waals surface area contributed by atoms with E-state index in [1.165, 1.54) is 11.3 Å². The molecule has 0 atom stereocenters. The topological polar surface area (TPSA) is 63.8 Å². The van der Waals surface area contributed by atoms with E-state index >= 15 is 0 Å². The second-order valence-electron chi connectivity index (χ2n) is 4.10. The van der Waals surface area contributed by atoms with E-state index < -0.39 is 0 Å². The van der Waals surface area contributed by atoms with Gasteiger partial charge in [0.15, 0.2) is 4.34 Å². The van der Waals surface area contributed by atoms with Crippen molar-refractivity contribution in [3.63, 3.8) is 0 Å². The Morgan fingerprint density at radius 2 is 2.10 bits per heavy atom. The molecule has 0 bridgehead atoms. The van der Waals surface area contributed by atoms with E-state index in [2.05, 4.69) is 20.7 Å². The van der Waals surface area contributed by atoms with Gasteiger partial charge in [-0.05, 0) is 12.1 Å². The van der Waals surface area contributed by atoms with Crippen LogP contribution in [0.3, 0.4) is 0 Å². The molecule has 2 aromatic heterocycles. The molecule has 108 valence electrons. The number of halogens is 1. The van der Waals surface area contributed by atoms with Crippen molar-refractivity contribution in [1.29, 1.82) is 0 Å². The Labute approximate surface area is 134 Å². The van der Waals surface area contributed by atoms with E-state index in [9.17, 15) is 0 Å². The Kier molecular flexibility index (Phi) is 4.42. The maximum atomic E-state index is 5.87. The smallest absolute Gasteiger partial charge is 0.206 e. The summed E-state index contributed by atoms with van der Waals surface area (Å²) < 4.78 is 6.23. The molecule has 0 unspecified atom stereocenters. The number of anilines is 1. The molecule has 0 amide bonds. The van der Waals surface area contributed by atoms with Gasteiger partial charge in [0, 0.05) is 23.7 Å². The second-order valence-corrected chi connectivity index (χ2v) is 6.73. The van der Waals surface area contributed by atoms with Crippen molar-refractivity contribution < 1.29 is 4.52 Å². The Morgan fingerprint density at radius 3 is 2.81 bits per heavy atom. The van der Waals surface area contributed by atoms with Gasteiger partial charge < -0.3 is 9.84 Å². The first-order valence-electron chi connectivity index (χ1n) is 6.10. The lowest BCUT2D eigenvalue weighted by Crippen LogP contribution is -1.84. The molecule has 8 heteroatoms. The first-order chi connectivity index (χ1) is 10.2. The van der Waals surface area contributed by atoms with Gasteiger partial charge in [0.25, 0.3) is 0 Å². The van der Waals surface area contributed by atoms with Crippen LogP contribution in [0.5, 0.6) is 0 Å². The quantitative estimate of drug-likeness (QED) is 0.704. The number of hydrogen-bond donors (Lipinski definition) is 1. The monoisotopic (exact) mass is 338 g/mol. The predicted octanol–water partition coefficient (Wildman–Crippen LogP) is 4.18. The van der Waals surface area contributed by atoms with Crippen molar-refractivity contribution in [3.8, 4) is 11.3 Å². The van der Waals surface area contributed by atoms with E-state index in [0.29, 0.717) is 10.8 Å². The molecule has 0 fully saturated rings. The van der Waals surface area contributed by atoms with Crippen molar-refractivity contribution in [2.75, 3.05) is 12.4 Å². The van der Waals surface area contributed by atoms with E-state index in [4.69, 9.17) is 16.1 Å². The van der Waals surface area contributed by atoms with E-state index in [1.807, 2.05) is 37.4 Å². The summed E-state index contributed by atoms with van der Waals surface area (Å²) in [6, 6.07) is 9.43. The largest absolute Gasteiger partial charge is 0.363 e. The van der Waals surface area contributed by atoms with Gasteiger partial charge in [-0.1, -0.05) is 52.0 Å². The highest BCUT2D eigenvalue weighted by molar-refractivity contribution is 8.00. The lowest BCUT2D eigenvalue weighted by molar-refractivity contribution is 0.397. The number of nitrogens with one attached hydrogen (secondary N) is 1. The predicted molar refractivity (Wildman–Crippen MR) is 86.0 cm³/mol. The van der Waals surface area contributed by atoms with Crippen LogP contribution < -0.4 is 5.32 Å². The van der Waals surface area contributed by atoms with Crippen molar-refractivity contribution in [2.45, 2.75) is 10.1 Å². The van der Waals surface area contributed by atoms with Crippen LogP contribution in [0.4, 0.5) is 5.13 Å². The molecule has 0 saturated heterocycles. The third kappa shape index (κ3) is 3.55. The summed E-state index contributed by atoms with van der Waals surface area (Å²) in [4.78, 5) is 0. The number of benzene rings is 1. The van der Waals surface area contributed by atoms with Crippen LogP contribution in [0.25, 0.3) is 11.3 Å². The van der Waals surface area contributed by atoms with Gasteiger partial charge in [0.05, 0.1) is 5.75 Å². The van der Waals surface area contributed by atoms with Crippen LogP contribution in [0.2, 0.25) is 5.02 Å². The summed E-state index contributed by atoms with van der Waals surface area (Å²) in [6.45, 7) is 0. The number of nitrogens with zero attached hydrogens (tertiary/aromatic N) is 3. The van der Waals surface area contributed by atoms with Crippen molar-refractivity contribution in [1.82, 2.24) is 15.4 Å². The SMILES string of the molecule is CNc1nnc(SCc2cc(-c3ccc(Cl)cc3)no2)s1. The molecule has 1 N–H and O–H groups in total. The molecule has 5 nitrogen and oxygen atoms in total. The molecule has 21 heavy (non-hydrogen) atoms. The van der Waals surface area contributed by atoms with Crippen LogP contribution in [0.1, 0.15) is 5.76 Å². The molecule has 3 rings (SSSR count). The fourth-order valence-electron chi connectivity index (χ4n) is 1.64. The van der Waals surface area contributed by atoms with E-state index in [1.54, 1.807) is 11.8 Å². The van der Waals surface area contributed by atoms with E-state index in [-0.39, 0.29) is 0 Å². The van der Waals surface area contributed by atoms with Crippen LogP contribution in [-0.2, 0) is 5.75 Å². The zero-order valence-corrected chi connectivity index (χ0v) is 13.4. The summed E-state index contributed by atoms with van der Waals surface area (Å²) >= 11 is 8.95. The highest BCUT2D eigenvalue weighted by atomic mass is 35.5. The Balaban J connectivity index is 1.66. The lowest BCUT2D eigenvalue weighted by Gasteiger charge is -1.94. The standard InChI is InChI=1S/C13H11ClN4OS2/c1-15-12-16-17-13(21-12)20-7-10-6-11(18-19-10)8-2-4-9(14)5-3-8/h2-6H,7H2,1H3,(H,15,16). The molecule has 0 aliphatic heterocycles. The molecule has 0 saturated carbocycles. The fraction of sp³-hybridized carbons (Fsp3) is 0.154. The third-order valence-corrected chi connectivity index (χ3v) is 5.01. The zero-order valence-electron chi connectivity index (χ0n) is 11.0. The van der Waals surface area contributed by atoms with Gasteiger partial charge >= 0.3 is 0 Å². The average Bonchev–Trinajstić information content (AvgIpc) is 3.15. The van der Waals surface area contributed by atoms with E-state index in [0.717, 1.165) is 26.5 Å². The Hall–Kier alpha value is -1.57. The summed E-state index contributed by atoms with van der Waals surface area (Å²) in [5, 5.41) is 16.6. The summed E-state index contributed by atoms with van der Waals surface area (Å²) in [6.07, 6.45) is 0. The minimum absolute atomic E-state index is 0.666. The summed E-state index contributed by atoms with van der Waals surface area (Å²) in [7, 11) is 1.82. The van der Waals surface area contributed by atoms with Gasteiger partial charge in [-0.25, -0.2) is 0 Å². The molecular formula is C13H11ClN4OS2. The molecule has 0 aliphatic carbocycles. The maximum Gasteiger partial charge on any atom is 0.206 e.